The van der Waals surface area contributed by atoms with Gasteiger partial charge in [-0.1, -0.05) is 23.3 Å². The van der Waals surface area contributed by atoms with Crippen molar-refractivity contribution in [3.8, 4) is 11.1 Å². The van der Waals surface area contributed by atoms with Crippen molar-refractivity contribution in [3.63, 3.8) is 0 Å². The first-order valence-electron chi connectivity index (χ1n) is 6.90. The first-order chi connectivity index (χ1) is 11.2. The van der Waals surface area contributed by atoms with Crippen LogP contribution in [0.5, 0.6) is 0 Å². The Morgan fingerprint density at radius 1 is 1.00 bits per heavy atom. The summed E-state index contributed by atoms with van der Waals surface area (Å²) in [7, 11) is 1.38. The van der Waals surface area contributed by atoms with Crippen molar-refractivity contribution in [2.45, 2.75) is 6.18 Å². The molecule has 24 heavy (non-hydrogen) atoms. The van der Waals surface area contributed by atoms with E-state index in [1.165, 1.54) is 37.4 Å². The van der Waals surface area contributed by atoms with Gasteiger partial charge in [0.15, 0.2) is 5.69 Å². The van der Waals surface area contributed by atoms with Gasteiger partial charge in [-0.15, -0.1) is 4.59 Å². The molecule has 2 aromatic rings. The third-order valence-electron chi connectivity index (χ3n) is 3.64. The zero-order valence-electron chi connectivity index (χ0n) is 12.4. The molecular weight excluding hydrogens is 327 g/mol. The van der Waals surface area contributed by atoms with Crippen LogP contribution in [0.4, 0.5) is 27.6 Å². The van der Waals surface area contributed by atoms with Gasteiger partial charge in [0, 0.05) is 6.07 Å². The highest BCUT2D eigenvalue weighted by molar-refractivity contribution is 5.98. The van der Waals surface area contributed by atoms with Gasteiger partial charge in [-0.05, 0) is 23.8 Å². The Hall–Kier alpha value is -2.54. The Bertz CT molecular complexity index is 837. The van der Waals surface area contributed by atoms with Gasteiger partial charge in [-0.3, -0.25) is 0 Å². The molecule has 1 aliphatic rings. The third kappa shape index (κ3) is 2.82. The normalized spacial score (nSPS) is 20.3. The van der Waals surface area contributed by atoms with Crippen LogP contribution in [0, 0.1) is 17.7 Å². The van der Waals surface area contributed by atoms with E-state index < -0.39 is 28.1 Å². The summed E-state index contributed by atoms with van der Waals surface area (Å²) in [6.45, 7) is 0. The summed E-state index contributed by atoms with van der Waals surface area (Å²) < 4.78 is 65.3. The van der Waals surface area contributed by atoms with Crippen molar-refractivity contribution in [1.29, 1.82) is 0 Å². The Labute approximate surface area is 134 Å². The predicted octanol–water partition coefficient (Wildman–Crippen LogP) is 4.82. The number of benzene rings is 2. The molecule has 1 aliphatic heterocycles. The standard InChI is InChI=1S/C17H11F5N2/c1-24(10-9-15(23-24)17(20,21)22)14-4-2-3-13(19)16(14)11-5-7-12(18)8-6-11/h2-8,10H,1H3/q+1. The minimum absolute atomic E-state index is 0.0604. The number of rotatable bonds is 2. The number of hydrogen-bond donors (Lipinski definition) is 0. The average molecular weight is 338 g/mol. The van der Waals surface area contributed by atoms with Gasteiger partial charge in [0.1, 0.15) is 24.9 Å². The molecule has 2 aromatic carbocycles. The second-order valence-corrected chi connectivity index (χ2v) is 5.39. The molecule has 0 bridgehead atoms. The third-order valence-corrected chi connectivity index (χ3v) is 3.64. The van der Waals surface area contributed by atoms with Crippen molar-refractivity contribution >= 4 is 11.4 Å². The van der Waals surface area contributed by atoms with Gasteiger partial charge in [0.25, 0.3) is 0 Å². The van der Waals surface area contributed by atoms with Crippen molar-refractivity contribution in [2.24, 2.45) is 5.10 Å². The molecule has 0 saturated carbocycles. The van der Waals surface area contributed by atoms with Crippen LogP contribution in [-0.2, 0) is 0 Å². The van der Waals surface area contributed by atoms with Crippen molar-refractivity contribution in [1.82, 2.24) is 4.59 Å². The van der Waals surface area contributed by atoms with Crippen molar-refractivity contribution in [3.05, 3.63) is 66.4 Å². The van der Waals surface area contributed by atoms with Crippen LogP contribution < -0.4 is 4.59 Å². The maximum absolute atomic E-state index is 14.4. The molecule has 0 fully saturated rings. The highest BCUT2D eigenvalue weighted by atomic mass is 19.4. The molecule has 1 radical (unpaired) electrons. The van der Waals surface area contributed by atoms with Crippen LogP contribution >= 0.6 is 0 Å². The van der Waals surface area contributed by atoms with E-state index in [1.807, 2.05) is 0 Å². The maximum atomic E-state index is 14.4. The fourth-order valence-corrected chi connectivity index (χ4v) is 2.51. The smallest absolute Gasteiger partial charge is 0.207 e. The minimum atomic E-state index is -4.64. The lowest BCUT2D eigenvalue weighted by Gasteiger charge is -2.23. The van der Waals surface area contributed by atoms with Gasteiger partial charge in [0.2, 0.25) is 5.71 Å². The van der Waals surface area contributed by atoms with Crippen LogP contribution in [0.3, 0.4) is 0 Å². The topological polar surface area (TPSA) is 12.4 Å². The summed E-state index contributed by atoms with van der Waals surface area (Å²) in [6, 6.07) is 9.08. The summed E-state index contributed by atoms with van der Waals surface area (Å²) in [5, 5.41) is 3.63. The van der Waals surface area contributed by atoms with Gasteiger partial charge in [-0.2, -0.15) is 13.2 Å². The summed E-state index contributed by atoms with van der Waals surface area (Å²) in [5.41, 5.74) is -0.578. The number of quaternary nitrogens is 1. The quantitative estimate of drug-likeness (QED) is 0.550. The van der Waals surface area contributed by atoms with Gasteiger partial charge in [-0.25, -0.2) is 8.78 Å². The highest BCUT2D eigenvalue weighted by Gasteiger charge is 2.44. The lowest BCUT2D eigenvalue weighted by molar-refractivity contribution is -0.0584. The van der Waals surface area contributed by atoms with Crippen LogP contribution in [0.2, 0.25) is 0 Å². The lowest BCUT2D eigenvalue weighted by Crippen LogP contribution is -2.33. The van der Waals surface area contributed by atoms with E-state index in [9.17, 15) is 22.0 Å². The molecule has 0 aromatic heterocycles. The minimum Gasteiger partial charge on any atom is -0.207 e. The van der Waals surface area contributed by atoms with E-state index in [0.717, 1.165) is 18.3 Å². The Morgan fingerprint density at radius 3 is 2.25 bits per heavy atom. The van der Waals surface area contributed by atoms with Crippen LogP contribution in [0.15, 0.2) is 53.8 Å². The Balaban J connectivity index is 2.17. The zero-order chi connectivity index (χ0) is 17.5. The van der Waals surface area contributed by atoms with Gasteiger partial charge in [0.05, 0.1) is 11.6 Å². The Kier molecular flexibility index (Phi) is 3.76. The van der Waals surface area contributed by atoms with E-state index in [0.29, 0.717) is 5.56 Å². The number of nitrogens with zero attached hydrogens (tertiary/aromatic N) is 2. The molecule has 1 unspecified atom stereocenters. The maximum Gasteiger partial charge on any atom is 0.439 e. The largest absolute Gasteiger partial charge is 0.439 e. The van der Waals surface area contributed by atoms with E-state index in [4.69, 9.17) is 0 Å². The molecular formula is C17H11F5N2+. The van der Waals surface area contributed by atoms with E-state index >= 15 is 0 Å². The molecule has 0 aliphatic carbocycles. The lowest BCUT2D eigenvalue weighted by atomic mass is 10.0. The molecule has 0 spiro atoms. The number of allylic oxidation sites excluding steroid dienone is 1. The second-order valence-electron chi connectivity index (χ2n) is 5.39. The van der Waals surface area contributed by atoms with Crippen LogP contribution in [-0.4, -0.2) is 18.9 Å². The molecule has 7 heteroatoms. The van der Waals surface area contributed by atoms with E-state index in [2.05, 4.69) is 11.2 Å². The molecule has 0 N–H and O–H groups in total. The molecule has 0 amide bonds. The van der Waals surface area contributed by atoms with Crippen LogP contribution in [0.25, 0.3) is 11.1 Å². The highest BCUT2D eigenvalue weighted by Crippen LogP contribution is 2.39. The second kappa shape index (κ2) is 5.52. The summed E-state index contributed by atoms with van der Waals surface area (Å²) in [6.07, 6.45) is -1.46. The molecule has 3 rings (SSSR count). The van der Waals surface area contributed by atoms with Crippen LogP contribution in [0.1, 0.15) is 0 Å². The zero-order valence-corrected chi connectivity index (χ0v) is 12.4. The number of halogens is 5. The van der Waals surface area contributed by atoms with Gasteiger partial charge >= 0.3 is 6.18 Å². The number of alkyl halides is 3. The van der Waals surface area contributed by atoms with Crippen molar-refractivity contribution in [2.75, 3.05) is 7.05 Å². The molecule has 1 heterocycles. The SMILES string of the molecule is C[N+]1(c2cccc(F)c2-c2ccc(F)cc2)C=[C]C(C(F)(F)F)=N1. The average Bonchev–Trinajstić information content (AvgIpc) is 2.92. The number of hydrogen-bond acceptors (Lipinski definition) is 1. The fraction of sp³-hybridized carbons (Fsp3) is 0.118. The first-order valence-corrected chi connectivity index (χ1v) is 6.90. The fourth-order valence-electron chi connectivity index (χ4n) is 2.51. The van der Waals surface area contributed by atoms with Gasteiger partial charge < -0.3 is 0 Å². The van der Waals surface area contributed by atoms with E-state index in [-0.39, 0.29) is 11.3 Å². The molecule has 123 valence electrons. The van der Waals surface area contributed by atoms with Crippen molar-refractivity contribution < 1.29 is 22.0 Å². The van der Waals surface area contributed by atoms with E-state index in [1.54, 1.807) is 0 Å². The monoisotopic (exact) mass is 338 g/mol. The predicted molar refractivity (Wildman–Crippen MR) is 80.8 cm³/mol. The first kappa shape index (κ1) is 16.3. The molecule has 1 atom stereocenters. The summed E-state index contributed by atoms with van der Waals surface area (Å²) in [5.74, 6) is -1.13. The Morgan fingerprint density at radius 2 is 1.67 bits per heavy atom. The summed E-state index contributed by atoms with van der Waals surface area (Å²) in [4.78, 5) is 0. The molecule has 2 nitrogen and oxygen atoms in total. The summed E-state index contributed by atoms with van der Waals surface area (Å²) >= 11 is 0. The molecule has 0 saturated heterocycles.